The summed E-state index contributed by atoms with van der Waals surface area (Å²) in [5.74, 6) is 5.72. The van der Waals surface area contributed by atoms with Gasteiger partial charge in [0.2, 0.25) is 0 Å². The molecule has 2 aliphatic rings. The summed E-state index contributed by atoms with van der Waals surface area (Å²) < 4.78 is 64.8. The molecule has 0 amide bonds. The van der Waals surface area contributed by atoms with Crippen molar-refractivity contribution in [1.29, 1.82) is 0 Å². The van der Waals surface area contributed by atoms with Gasteiger partial charge in [0, 0.05) is 28.9 Å². The van der Waals surface area contributed by atoms with Gasteiger partial charge in [-0.2, -0.15) is 4.98 Å². The number of anilines is 2. The summed E-state index contributed by atoms with van der Waals surface area (Å²) in [6.07, 6.45) is 0.500. The minimum atomic E-state index is -2.82. The summed E-state index contributed by atoms with van der Waals surface area (Å²) in [7, 11) is 0. The quantitative estimate of drug-likeness (QED) is 0.539. The van der Waals surface area contributed by atoms with Crippen LogP contribution in [0.1, 0.15) is 34.5 Å². The fourth-order valence-electron chi connectivity index (χ4n) is 4.92. The molecular formula is C26H25F3N4O. The first-order valence-corrected chi connectivity index (χ1v) is 11.3. The van der Waals surface area contributed by atoms with Crippen LogP contribution in [0.25, 0.3) is 10.9 Å². The number of fused-ring (bicyclic) bond motifs is 2. The number of likely N-dealkylation sites (tertiary alicyclic amines) is 1. The van der Waals surface area contributed by atoms with Crippen molar-refractivity contribution < 1.29 is 17.3 Å². The second kappa shape index (κ2) is 9.15. The van der Waals surface area contributed by atoms with Crippen LogP contribution in [-0.4, -0.2) is 46.6 Å². The summed E-state index contributed by atoms with van der Waals surface area (Å²) in [6, 6.07) is 9.23. The summed E-state index contributed by atoms with van der Waals surface area (Å²) in [5.41, 5.74) is 1.30. The third-order valence-corrected chi connectivity index (χ3v) is 6.46. The highest BCUT2D eigenvalue weighted by Crippen LogP contribution is 2.37. The maximum Gasteiger partial charge on any atom is 0.349 e. The van der Waals surface area contributed by atoms with Gasteiger partial charge in [0.25, 0.3) is 6.43 Å². The Morgan fingerprint density at radius 3 is 2.88 bits per heavy atom. The number of halogens is 3. The lowest BCUT2D eigenvalue weighted by Gasteiger charge is -2.32. The monoisotopic (exact) mass is 469 g/mol. The molecule has 3 heterocycles. The van der Waals surface area contributed by atoms with E-state index < -0.39 is 24.9 Å². The number of aryl methyl sites for hydroxylation is 1. The molecule has 0 saturated carbocycles. The van der Waals surface area contributed by atoms with Gasteiger partial charge < -0.3 is 4.90 Å². The number of alkyl halides is 2. The van der Waals surface area contributed by atoms with E-state index in [0.717, 1.165) is 24.0 Å². The van der Waals surface area contributed by atoms with Gasteiger partial charge >= 0.3 is 5.69 Å². The van der Waals surface area contributed by atoms with E-state index in [-0.39, 0.29) is 29.3 Å². The molecule has 1 unspecified atom stereocenters. The van der Waals surface area contributed by atoms with E-state index in [0.29, 0.717) is 36.2 Å². The number of aromatic nitrogens is 2. The van der Waals surface area contributed by atoms with Crippen LogP contribution < -0.4 is 10.6 Å². The summed E-state index contributed by atoms with van der Waals surface area (Å²) >= 11 is 0. The molecule has 0 bridgehead atoms. The molecular weight excluding hydrogens is 441 g/mol. The van der Waals surface area contributed by atoms with Crippen molar-refractivity contribution in [2.24, 2.45) is 6.98 Å². The van der Waals surface area contributed by atoms with E-state index in [1.54, 1.807) is 15.9 Å². The Kier molecular flexibility index (Phi) is 5.12. The third kappa shape index (κ3) is 4.05. The maximum atomic E-state index is 15.1. The molecule has 0 spiro atoms. The van der Waals surface area contributed by atoms with Crippen molar-refractivity contribution in [3.8, 4) is 11.8 Å². The molecule has 3 aromatic rings. The molecule has 1 saturated heterocycles. The molecule has 0 aliphatic carbocycles. The van der Waals surface area contributed by atoms with Crippen LogP contribution in [0.5, 0.6) is 0 Å². The first kappa shape index (κ1) is 19.0. The van der Waals surface area contributed by atoms with Gasteiger partial charge in [0.05, 0.1) is 23.5 Å². The number of nitrogens with zero attached hydrogens (tertiary/aromatic N) is 4. The van der Waals surface area contributed by atoms with Crippen LogP contribution in [0.2, 0.25) is 0 Å². The van der Waals surface area contributed by atoms with Gasteiger partial charge in [-0.1, -0.05) is 24.0 Å². The second-order valence-electron chi connectivity index (χ2n) is 8.56. The number of rotatable bonds is 3. The first-order valence-electron chi connectivity index (χ1n) is 12.8. The molecule has 1 aromatic heterocycles. The van der Waals surface area contributed by atoms with Crippen LogP contribution in [0.3, 0.4) is 0 Å². The first-order chi connectivity index (χ1) is 17.6. The van der Waals surface area contributed by atoms with Crippen LogP contribution >= 0.6 is 0 Å². The highest BCUT2D eigenvalue weighted by molar-refractivity contribution is 5.93. The smallest absolute Gasteiger partial charge is 0.325 e. The molecule has 0 N–H and O–H groups in total. The van der Waals surface area contributed by atoms with E-state index in [1.807, 2.05) is 12.1 Å². The van der Waals surface area contributed by atoms with Crippen molar-refractivity contribution in [2.45, 2.75) is 38.2 Å². The van der Waals surface area contributed by atoms with Crippen LogP contribution in [0, 0.1) is 17.7 Å². The predicted molar refractivity (Wildman–Crippen MR) is 126 cm³/mol. The minimum absolute atomic E-state index is 0.0452. The summed E-state index contributed by atoms with van der Waals surface area (Å²) in [5, 5.41) is -0.0452. The van der Waals surface area contributed by atoms with Gasteiger partial charge in [-0.25, -0.2) is 18.0 Å². The molecule has 1 fully saturated rings. The lowest BCUT2D eigenvalue weighted by molar-refractivity contribution is 0.0913. The Morgan fingerprint density at radius 1 is 1.21 bits per heavy atom. The van der Waals surface area contributed by atoms with Crippen LogP contribution in [0.15, 0.2) is 41.2 Å². The van der Waals surface area contributed by atoms with E-state index in [4.69, 9.17) is 4.11 Å². The number of benzene rings is 2. The maximum absolute atomic E-state index is 15.1. The second-order valence-corrected chi connectivity index (χ2v) is 8.56. The Morgan fingerprint density at radius 2 is 2.06 bits per heavy atom. The number of hydrogen-bond acceptors (Lipinski definition) is 4. The molecule has 2 aliphatic heterocycles. The lowest BCUT2D eigenvalue weighted by atomic mass is 9.96. The van der Waals surface area contributed by atoms with Crippen LogP contribution in [-0.2, 0) is 13.4 Å². The SMILES string of the molecule is [2H]C([2H])([2H])n1c(=O)nc(N2CCCc3c(C#CC4CCCN4CC(F)F)cccc32)c2c(F)cccc21. The van der Waals surface area contributed by atoms with E-state index in [1.165, 1.54) is 18.2 Å². The summed E-state index contributed by atoms with van der Waals surface area (Å²) in [6.45, 7) is -2.08. The van der Waals surface area contributed by atoms with Gasteiger partial charge in [-0.15, -0.1) is 0 Å². The molecule has 5 rings (SSSR count). The van der Waals surface area contributed by atoms with Gasteiger partial charge in [0.1, 0.15) is 5.82 Å². The van der Waals surface area contributed by atoms with E-state index in [2.05, 4.69) is 16.8 Å². The molecule has 176 valence electrons. The van der Waals surface area contributed by atoms with Crippen LogP contribution in [0.4, 0.5) is 24.7 Å². The van der Waals surface area contributed by atoms with Gasteiger partial charge in [-0.05, 0) is 62.1 Å². The molecule has 0 radical (unpaired) electrons. The zero-order valence-electron chi connectivity index (χ0n) is 21.4. The fourth-order valence-corrected chi connectivity index (χ4v) is 4.92. The predicted octanol–water partition coefficient (Wildman–Crippen LogP) is 4.24. The van der Waals surface area contributed by atoms with Crippen molar-refractivity contribution >= 4 is 22.4 Å². The molecule has 34 heavy (non-hydrogen) atoms. The zero-order valence-corrected chi connectivity index (χ0v) is 18.4. The number of hydrogen-bond donors (Lipinski definition) is 0. The molecule has 8 heteroatoms. The average Bonchev–Trinajstić information content (AvgIpc) is 3.27. The Bertz CT molecular complexity index is 1460. The minimum Gasteiger partial charge on any atom is -0.325 e. The molecule has 2 aromatic carbocycles. The third-order valence-electron chi connectivity index (χ3n) is 6.46. The lowest BCUT2D eigenvalue weighted by Crippen LogP contribution is -2.32. The van der Waals surface area contributed by atoms with Gasteiger partial charge in [0.15, 0.2) is 5.82 Å². The Balaban J connectivity index is 1.59. The average molecular weight is 470 g/mol. The molecule has 5 nitrogen and oxygen atoms in total. The summed E-state index contributed by atoms with van der Waals surface area (Å²) in [4.78, 5) is 20.3. The molecule has 1 atom stereocenters. The highest BCUT2D eigenvalue weighted by atomic mass is 19.3. The van der Waals surface area contributed by atoms with E-state index >= 15 is 4.39 Å². The standard InChI is InChI=1S/C26H25F3N4O/c1-31-22-11-3-9-20(27)24(22)25(30-26(31)34)33-15-5-8-19-17(6-2-10-21(19)33)12-13-18-7-4-14-32(18)16-23(28)29/h2-3,6,9-11,18,23H,4-5,7-8,14-16H2,1H3/i1D3. The van der Waals surface area contributed by atoms with Gasteiger partial charge in [-0.3, -0.25) is 9.47 Å². The normalized spacial score (nSPS) is 19.9. The van der Waals surface area contributed by atoms with E-state index in [9.17, 15) is 13.6 Å². The Labute approximate surface area is 200 Å². The zero-order chi connectivity index (χ0) is 26.3. The highest BCUT2D eigenvalue weighted by Gasteiger charge is 2.27. The topological polar surface area (TPSA) is 41.4 Å². The Hall–Kier alpha value is -3.31. The van der Waals surface area contributed by atoms with Crippen molar-refractivity contribution in [1.82, 2.24) is 14.5 Å². The van der Waals surface area contributed by atoms with Crippen molar-refractivity contribution in [3.05, 3.63) is 63.8 Å². The fraction of sp³-hybridized carbons (Fsp3) is 0.385. The van der Waals surface area contributed by atoms with Crippen molar-refractivity contribution in [3.63, 3.8) is 0 Å². The largest absolute Gasteiger partial charge is 0.349 e. The van der Waals surface area contributed by atoms with Crippen molar-refractivity contribution in [2.75, 3.05) is 24.5 Å².